The summed E-state index contributed by atoms with van der Waals surface area (Å²) >= 11 is 0. The maximum Gasteiger partial charge on any atom is 0.221 e. The zero-order chi connectivity index (χ0) is 16.2. The Hall–Kier alpha value is -1.55. The van der Waals surface area contributed by atoms with Crippen molar-refractivity contribution in [1.82, 2.24) is 5.32 Å². The molecule has 2 fully saturated rings. The third kappa shape index (κ3) is 4.05. The number of anilines is 2. The summed E-state index contributed by atoms with van der Waals surface area (Å²) in [6, 6.07) is 7.49. The van der Waals surface area contributed by atoms with Crippen LogP contribution in [0.2, 0.25) is 0 Å². The second kappa shape index (κ2) is 7.35. The Balaban J connectivity index is 1.69. The van der Waals surface area contributed by atoms with Gasteiger partial charge in [-0.25, -0.2) is 0 Å². The van der Waals surface area contributed by atoms with Crippen LogP contribution in [0.5, 0.6) is 0 Å². The fourth-order valence-electron chi connectivity index (χ4n) is 4.14. The summed E-state index contributed by atoms with van der Waals surface area (Å²) < 4.78 is 0. The Morgan fingerprint density at radius 1 is 1.17 bits per heavy atom. The molecule has 23 heavy (non-hydrogen) atoms. The minimum Gasteiger partial charge on any atom is -0.382 e. The highest BCUT2D eigenvalue weighted by molar-refractivity contribution is 5.90. The summed E-state index contributed by atoms with van der Waals surface area (Å²) in [6.45, 7) is 4.76. The zero-order valence-electron chi connectivity index (χ0n) is 14.3. The Kier molecular flexibility index (Phi) is 5.21. The van der Waals surface area contributed by atoms with Crippen molar-refractivity contribution in [1.29, 1.82) is 0 Å². The molecule has 3 atom stereocenters. The van der Waals surface area contributed by atoms with Crippen LogP contribution in [-0.4, -0.2) is 24.5 Å². The van der Waals surface area contributed by atoms with Crippen molar-refractivity contribution >= 4 is 17.3 Å². The molecule has 1 amide bonds. The molecule has 1 aliphatic carbocycles. The third-order valence-electron chi connectivity index (χ3n) is 5.34. The first-order valence-electron chi connectivity index (χ1n) is 9.01. The normalized spacial score (nSPS) is 27.7. The minimum absolute atomic E-state index is 0.0181. The van der Waals surface area contributed by atoms with Gasteiger partial charge in [0.05, 0.1) is 0 Å². The molecule has 126 valence electrons. The molecule has 1 aromatic carbocycles. The molecule has 1 saturated carbocycles. The fourth-order valence-corrected chi connectivity index (χ4v) is 4.14. The van der Waals surface area contributed by atoms with Crippen molar-refractivity contribution < 1.29 is 4.79 Å². The van der Waals surface area contributed by atoms with Gasteiger partial charge in [-0.1, -0.05) is 18.9 Å². The highest BCUT2D eigenvalue weighted by Crippen LogP contribution is 2.34. The second-order valence-electron chi connectivity index (χ2n) is 7.11. The number of nitrogens with one attached hydrogen (secondary N) is 3. The number of rotatable bonds is 4. The number of piperidine rings is 1. The third-order valence-corrected chi connectivity index (χ3v) is 5.34. The topological polar surface area (TPSA) is 53.2 Å². The molecule has 2 aliphatic rings. The van der Waals surface area contributed by atoms with Gasteiger partial charge in [-0.3, -0.25) is 4.79 Å². The minimum atomic E-state index is -0.0181. The Bertz CT molecular complexity index is 552. The van der Waals surface area contributed by atoms with Gasteiger partial charge in [0.15, 0.2) is 0 Å². The van der Waals surface area contributed by atoms with Gasteiger partial charge >= 0.3 is 0 Å². The fraction of sp³-hybridized carbons (Fsp3) is 0.632. The molecule has 4 heteroatoms. The standard InChI is InChI=1S/C19H29N3O/c1-13-9-10-15(12-19(13)21-14(2)23)22-18-8-5-6-16(18)17-7-3-4-11-20-17/h9-10,12,16-18,20,22H,3-8,11H2,1-2H3,(H,21,23). The summed E-state index contributed by atoms with van der Waals surface area (Å²) in [7, 11) is 0. The summed E-state index contributed by atoms with van der Waals surface area (Å²) in [4.78, 5) is 11.3. The first-order valence-corrected chi connectivity index (χ1v) is 9.01. The van der Waals surface area contributed by atoms with Gasteiger partial charge in [-0.05, 0) is 62.8 Å². The summed E-state index contributed by atoms with van der Waals surface area (Å²) in [5.41, 5.74) is 3.13. The summed E-state index contributed by atoms with van der Waals surface area (Å²) in [5.74, 6) is 0.705. The van der Waals surface area contributed by atoms with Crippen LogP contribution in [0.1, 0.15) is 51.0 Å². The van der Waals surface area contributed by atoms with Crippen LogP contribution in [0.25, 0.3) is 0 Å². The van der Waals surface area contributed by atoms with Gasteiger partial charge in [-0.15, -0.1) is 0 Å². The summed E-state index contributed by atoms with van der Waals surface area (Å²) in [6.07, 6.45) is 7.86. The molecular weight excluding hydrogens is 286 g/mol. The molecule has 3 N–H and O–H groups in total. The number of hydrogen-bond donors (Lipinski definition) is 3. The zero-order valence-corrected chi connectivity index (χ0v) is 14.3. The van der Waals surface area contributed by atoms with Crippen molar-refractivity contribution in [3.63, 3.8) is 0 Å². The number of carbonyl (C=O) groups excluding carboxylic acids is 1. The molecule has 0 aromatic heterocycles. The summed E-state index contributed by atoms with van der Waals surface area (Å²) in [5, 5.41) is 10.4. The SMILES string of the molecule is CC(=O)Nc1cc(NC2CCCC2C2CCCCN2)ccc1C. The van der Waals surface area contributed by atoms with Crippen molar-refractivity contribution in [2.45, 2.75) is 64.5 Å². The maximum atomic E-state index is 11.3. The lowest BCUT2D eigenvalue weighted by Gasteiger charge is -2.33. The van der Waals surface area contributed by atoms with E-state index in [-0.39, 0.29) is 5.91 Å². The van der Waals surface area contributed by atoms with Gasteiger partial charge in [0.1, 0.15) is 0 Å². The van der Waals surface area contributed by atoms with Crippen molar-refractivity contribution in [3.8, 4) is 0 Å². The average molecular weight is 315 g/mol. The molecule has 0 bridgehead atoms. The van der Waals surface area contributed by atoms with E-state index >= 15 is 0 Å². The van der Waals surface area contributed by atoms with Crippen LogP contribution in [-0.2, 0) is 4.79 Å². The Morgan fingerprint density at radius 3 is 2.78 bits per heavy atom. The van der Waals surface area contributed by atoms with Crippen molar-refractivity contribution in [2.24, 2.45) is 5.92 Å². The van der Waals surface area contributed by atoms with E-state index in [1.54, 1.807) is 6.92 Å². The molecule has 1 saturated heterocycles. The van der Waals surface area contributed by atoms with E-state index in [4.69, 9.17) is 0 Å². The lowest BCUT2D eigenvalue weighted by atomic mass is 9.88. The molecule has 1 heterocycles. The van der Waals surface area contributed by atoms with Crippen LogP contribution in [0.3, 0.4) is 0 Å². The molecule has 3 rings (SSSR count). The lowest BCUT2D eigenvalue weighted by Crippen LogP contribution is -2.44. The van der Waals surface area contributed by atoms with Crippen molar-refractivity contribution in [2.75, 3.05) is 17.2 Å². The van der Waals surface area contributed by atoms with E-state index < -0.39 is 0 Å². The van der Waals surface area contributed by atoms with Gasteiger partial charge in [-0.2, -0.15) is 0 Å². The lowest BCUT2D eigenvalue weighted by molar-refractivity contribution is -0.114. The van der Waals surface area contributed by atoms with Crippen LogP contribution in [0, 0.1) is 12.8 Å². The first kappa shape index (κ1) is 16.3. The molecule has 3 unspecified atom stereocenters. The van der Waals surface area contributed by atoms with Crippen molar-refractivity contribution in [3.05, 3.63) is 23.8 Å². The molecule has 0 spiro atoms. The molecule has 4 nitrogen and oxygen atoms in total. The second-order valence-corrected chi connectivity index (χ2v) is 7.11. The predicted molar refractivity (Wildman–Crippen MR) is 95.9 cm³/mol. The Morgan fingerprint density at radius 2 is 2.04 bits per heavy atom. The van der Waals surface area contributed by atoms with E-state index in [0.29, 0.717) is 12.1 Å². The molecular formula is C19H29N3O. The first-order chi connectivity index (χ1) is 11.1. The van der Waals surface area contributed by atoms with Gasteiger partial charge < -0.3 is 16.0 Å². The van der Waals surface area contributed by atoms with E-state index in [0.717, 1.165) is 22.9 Å². The van der Waals surface area contributed by atoms with Gasteiger partial charge in [0.2, 0.25) is 5.91 Å². The monoisotopic (exact) mass is 315 g/mol. The highest BCUT2D eigenvalue weighted by Gasteiger charge is 2.34. The number of benzene rings is 1. The molecule has 0 radical (unpaired) electrons. The van der Waals surface area contributed by atoms with Crippen LogP contribution in [0.4, 0.5) is 11.4 Å². The van der Waals surface area contributed by atoms with Gasteiger partial charge in [0, 0.05) is 30.4 Å². The van der Waals surface area contributed by atoms with Crippen LogP contribution < -0.4 is 16.0 Å². The quantitative estimate of drug-likeness (QED) is 0.794. The highest BCUT2D eigenvalue weighted by atomic mass is 16.1. The number of carbonyl (C=O) groups is 1. The average Bonchev–Trinajstić information content (AvgIpc) is 2.99. The predicted octanol–water partition coefficient (Wildman–Crippen LogP) is 3.68. The smallest absolute Gasteiger partial charge is 0.221 e. The number of amides is 1. The van der Waals surface area contributed by atoms with Crippen LogP contribution >= 0.6 is 0 Å². The molecule has 1 aliphatic heterocycles. The van der Waals surface area contributed by atoms with Gasteiger partial charge in [0.25, 0.3) is 0 Å². The largest absolute Gasteiger partial charge is 0.382 e. The van der Waals surface area contributed by atoms with E-state index in [1.807, 2.05) is 6.92 Å². The van der Waals surface area contributed by atoms with E-state index in [2.05, 4.69) is 34.1 Å². The van der Waals surface area contributed by atoms with Crippen LogP contribution in [0.15, 0.2) is 18.2 Å². The van der Waals surface area contributed by atoms with E-state index in [9.17, 15) is 4.79 Å². The van der Waals surface area contributed by atoms with E-state index in [1.165, 1.54) is 45.1 Å². The number of aryl methyl sites for hydroxylation is 1. The number of hydrogen-bond acceptors (Lipinski definition) is 3. The maximum absolute atomic E-state index is 11.3. The molecule has 1 aromatic rings. The Labute approximate surface area is 139 Å².